The Labute approximate surface area is 98.7 Å². The van der Waals surface area contributed by atoms with Gasteiger partial charge in [0.05, 0.1) is 18.2 Å². The molecule has 3 heteroatoms. The van der Waals surface area contributed by atoms with Gasteiger partial charge in [-0.1, -0.05) is 24.3 Å². The number of aldehydes is 1. The SMILES string of the molecule is [C-]#[N+]c1c(C=O)ccc2c(C#N)c(C)ccc12. The van der Waals surface area contributed by atoms with E-state index in [9.17, 15) is 4.79 Å². The van der Waals surface area contributed by atoms with Crippen LogP contribution in [0.1, 0.15) is 21.5 Å². The van der Waals surface area contributed by atoms with Gasteiger partial charge in [-0.05, 0) is 23.3 Å². The van der Waals surface area contributed by atoms with E-state index >= 15 is 0 Å². The first-order chi connectivity index (χ1) is 8.22. The third-order valence-corrected chi connectivity index (χ3v) is 2.76. The molecule has 0 radical (unpaired) electrons. The predicted molar refractivity (Wildman–Crippen MR) is 65.0 cm³/mol. The molecule has 0 aliphatic carbocycles. The lowest BCUT2D eigenvalue weighted by Gasteiger charge is -2.06. The fourth-order valence-corrected chi connectivity index (χ4v) is 1.88. The highest BCUT2D eigenvalue weighted by atomic mass is 16.1. The van der Waals surface area contributed by atoms with Crippen LogP contribution in [-0.4, -0.2) is 6.29 Å². The van der Waals surface area contributed by atoms with Crippen LogP contribution >= 0.6 is 0 Å². The molecule has 2 aromatic carbocycles. The molecule has 0 amide bonds. The number of hydrogen-bond donors (Lipinski definition) is 0. The highest BCUT2D eigenvalue weighted by molar-refractivity contribution is 6.04. The monoisotopic (exact) mass is 220 g/mol. The number of hydrogen-bond acceptors (Lipinski definition) is 2. The minimum absolute atomic E-state index is 0.314. The van der Waals surface area contributed by atoms with E-state index in [1.54, 1.807) is 24.3 Å². The van der Waals surface area contributed by atoms with E-state index in [0.717, 1.165) is 10.9 Å². The van der Waals surface area contributed by atoms with Crippen LogP contribution in [0.25, 0.3) is 15.6 Å². The second-order valence-electron chi connectivity index (χ2n) is 3.70. The highest BCUT2D eigenvalue weighted by Gasteiger charge is 2.11. The molecule has 0 bridgehead atoms. The summed E-state index contributed by atoms with van der Waals surface area (Å²) in [6, 6.07) is 9.02. The minimum Gasteiger partial charge on any atom is -0.299 e. The van der Waals surface area contributed by atoms with Crippen molar-refractivity contribution in [2.45, 2.75) is 6.92 Å². The van der Waals surface area contributed by atoms with Gasteiger partial charge in [-0.2, -0.15) is 5.26 Å². The van der Waals surface area contributed by atoms with Gasteiger partial charge in [0.2, 0.25) is 5.69 Å². The molecule has 0 N–H and O–H groups in total. The Morgan fingerprint density at radius 2 is 2.00 bits per heavy atom. The lowest BCUT2D eigenvalue weighted by Crippen LogP contribution is -1.88. The van der Waals surface area contributed by atoms with E-state index in [-0.39, 0.29) is 0 Å². The summed E-state index contributed by atoms with van der Waals surface area (Å²) in [5, 5.41) is 10.5. The van der Waals surface area contributed by atoms with Gasteiger partial charge in [0.25, 0.3) is 0 Å². The Bertz CT molecular complexity index is 703. The molecule has 80 valence electrons. The maximum absolute atomic E-state index is 10.8. The van der Waals surface area contributed by atoms with Gasteiger partial charge < -0.3 is 0 Å². The largest absolute Gasteiger partial charge is 0.299 e. The molecule has 2 rings (SSSR count). The minimum atomic E-state index is 0.314. The van der Waals surface area contributed by atoms with Gasteiger partial charge in [-0.15, -0.1) is 0 Å². The number of nitriles is 1. The fraction of sp³-hybridized carbons (Fsp3) is 0.0714. The second kappa shape index (κ2) is 4.08. The molecule has 0 unspecified atom stereocenters. The van der Waals surface area contributed by atoms with E-state index in [4.69, 9.17) is 11.8 Å². The van der Waals surface area contributed by atoms with Crippen molar-refractivity contribution in [2.24, 2.45) is 0 Å². The van der Waals surface area contributed by atoms with Crippen molar-refractivity contribution in [3.63, 3.8) is 0 Å². The van der Waals surface area contributed by atoms with E-state index in [0.29, 0.717) is 28.5 Å². The Balaban J connectivity index is 3.01. The van der Waals surface area contributed by atoms with Crippen LogP contribution in [0.4, 0.5) is 5.69 Å². The summed E-state index contributed by atoms with van der Waals surface area (Å²) in [5.74, 6) is 0. The van der Waals surface area contributed by atoms with Crippen LogP contribution in [0.3, 0.4) is 0 Å². The van der Waals surface area contributed by atoms with Crippen LogP contribution in [-0.2, 0) is 0 Å². The predicted octanol–water partition coefficient (Wildman–Crippen LogP) is 3.38. The molecule has 0 saturated heterocycles. The van der Waals surface area contributed by atoms with E-state index in [1.165, 1.54) is 0 Å². The molecule has 17 heavy (non-hydrogen) atoms. The molecule has 0 aliphatic heterocycles. The van der Waals surface area contributed by atoms with Gasteiger partial charge >= 0.3 is 0 Å². The Morgan fingerprint density at radius 1 is 1.29 bits per heavy atom. The van der Waals surface area contributed by atoms with Gasteiger partial charge in [-0.25, -0.2) is 4.85 Å². The van der Waals surface area contributed by atoms with Gasteiger partial charge in [0, 0.05) is 5.56 Å². The van der Waals surface area contributed by atoms with Crippen LogP contribution < -0.4 is 0 Å². The Kier molecular flexibility index (Phi) is 2.60. The maximum atomic E-state index is 10.8. The molecule has 2 aromatic rings. The van der Waals surface area contributed by atoms with E-state index in [2.05, 4.69) is 10.9 Å². The van der Waals surface area contributed by atoms with Crippen molar-refractivity contribution < 1.29 is 4.79 Å². The van der Waals surface area contributed by atoms with Crippen LogP contribution in [0, 0.1) is 24.8 Å². The van der Waals surface area contributed by atoms with E-state index in [1.807, 2.05) is 6.92 Å². The van der Waals surface area contributed by atoms with Crippen molar-refractivity contribution >= 4 is 22.7 Å². The zero-order chi connectivity index (χ0) is 12.4. The number of aryl methyl sites for hydroxylation is 1. The van der Waals surface area contributed by atoms with Crippen molar-refractivity contribution in [2.75, 3.05) is 0 Å². The summed E-state index contributed by atoms with van der Waals surface area (Å²) >= 11 is 0. The van der Waals surface area contributed by atoms with Crippen LogP contribution in [0.15, 0.2) is 24.3 Å². The van der Waals surface area contributed by atoms with Gasteiger partial charge in [0.1, 0.15) is 6.29 Å². The summed E-state index contributed by atoms with van der Waals surface area (Å²) in [6.45, 7) is 8.98. The van der Waals surface area contributed by atoms with Gasteiger partial charge in [-0.3, -0.25) is 4.79 Å². The number of rotatable bonds is 1. The fourth-order valence-electron chi connectivity index (χ4n) is 1.88. The normalized spacial score (nSPS) is 9.59. The smallest absolute Gasteiger partial charge is 0.205 e. The average Bonchev–Trinajstić information content (AvgIpc) is 2.37. The number of nitrogens with zero attached hydrogens (tertiary/aromatic N) is 2. The molecular formula is C14H8N2O. The van der Waals surface area contributed by atoms with E-state index < -0.39 is 0 Å². The molecule has 0 saturated carbocycles. The first kappa shape index (κ1) is 10.9. The number of benzene rings is 2. The Morgan fingerprint density at radius 3 is 2.59 bits per heavy atom. The second-order valence-corrected chi connectivity index (χ2v) is 3.70. The summed E-state index contributed by atoms with van der Waals surface area (Å²) in [5.41, 5.74) is 2.11. The summed E-state index contributed by atoms with van der Waals surface area (Å²) < 4.78 is 0. The highest BCUT2D eigenvalue weighted by Crippen LogP contribution is 2.32. The zero-order valence-corrected chi connectivity index (χ0v) is 9.19. The van der Waals surface area contributed by atoms with Crippen molar-refractivity contribution in [1.29, 1.82) is 5.26 Å². The molecular weight excluding hydrogens is 212 g/mol. The number of carbonyl (C=O) groups excluding carboxylic acids is 1. The van der Waals surface area contributed by atoms with Gasteiger partial charge in [0.15, 0.2) is 0 Å². The summed E-state index contributed by atoms with van der Waals surface area (Å²) in [4.78, 5) is 14.2. The topological polar surface area (TPSA) is 45.2 Å². The third kappa shape index (κ3) is 1.55. The van der Waals surface area contributed by atoms with Crippen molar-refractivity contribution in [3.05, 3.63) is 52.4 Å². The molecule has 0 aliphatic rings. The molecule has 3 nitrogen and oxygen atoms in total. The molecule has 0 aromatic heterocycles. The third-order valence-electron chi connectivity index (χ3n) is 2.76. The first-order valence-electron chi connectivity index (χ1n) is 5.02. The summed E-state index contributed by atoms with van der Waals surface area (Å²) in [6.07, 6.45) is 0.665. The number of fused-ring (bicyclic) bond motifs is 1. The lowest BCUT2D eigenvalue weighted by atomic mass is 9.97. The van der Waals surface area contributed by atoms with Crippen LogP contribution in [0.5, 0.6) is 0 Å². The standard InChI is InChI=1S/C14H8N2O/c1-9-3-5-12-11(13(9)7-15)6-4-10(8-17)14(12)16-2/h3-6,8H,1H3. The quantitative estimate of drug-likeness (QED) is 0.546. The lowest BCUT2D eigenvalue weighted by molar-refractivity contribution is 0.112. The molecule has 0 spiro atoms. The maximum Gasteiger partial charge on any atom is 0.205 e. The number of carbonyl (C=O) groups is 1. The van der Waals surface area contributed by atoms with Crippen molar-refractivity contribution in [3.8, 4) is 6.07 Å². The zero-order valence-electron chi connectivity index (χ0n) is 9.19. The Hall–Kier alpha value is -2.65. The van der Waals surface area contributed by atoms with Crippen molar-refractivity contribution in [1.82, 2.24) is 0 Å². The molecule has 0 heterocycles. The average molecular weight is 220 g/mol. The molecule has 0 fully saturated rings. The first-order valence-corrected chi connectivity index (χ1v) is 5.02. The van der Waals surface area contributed by atoms with Crippen LogP contribution in [0.2, 0.25) is 0 Å². The molecule has 0 atom stereocenters. The summed E-state index contributed by atoms with van der Waals surface area (Å²) in [7, 11) is 0.